The number of carbonyl (C=O) groups is 2. The van der Waals surface area contributed by atoms with E-state index in [4.69, 9.17) is 14.2 Å². The molecular formula is C14H13NO7. The number of nitro benzene ring substituents is 1. The summed E-state index contributed by atoms with van der Waals surface area (Å²) in [6, 6.07) is 5.09. The molecule has 3 unspecified atom stereocenters. The van der Waals surface area contributed by atoms with E-state index in [1.807, 2.05) is 0 Å². The largest absolute Gasteiger partial charge is 0.514 e. The molecule has 8 heteroatoms. The summed E-state index contributed by atoms with van der Waals surface area (Å²) in [5.74, 6) is -0.00173. The fourth-order valence-electron chi connectivity index (χ4n) is 2.76. The van der Waals surface area contributed by atoms with Gasteiger partial charge in [-0.2, -0.15) is 0 Å². The molecule has 0 bridgehead atoms. The smallest absolute Gasteiger partial charge is 0.431 e. The lowest BCUT2D eigenvalue weighted by molar-refractivity contribution is -0.384. The van der Waals surface area contributed by atoms with E-state index in [2.05, 4.69) is 0 Å². The lowest BCUT2D eigenvalue weighted by Gasteiger charge is -2.12. The third-order valence-corrected chi connectivity index (χ3v) is 3.83. The second-order valence-corrected chi connectivity index (χ2v) is 5.24. The molecule has 0 aromatic heterocycles. The number of hydrogen-bond acceptors (Lipinski definition) is 7. The lowest BCUT2D eigenvalue weighted by atomic mass is 10.0. The first-order valence-corrected chi connectivity index (χ1v) is 6.80. The lowest BCUT2D eigenvalue weighted by Crippen LogP contribution is -2.20. The summed E-state index contributed by atoms with van der Waals surface area (Å²) in [5.41, 5.74) is -0.0972. The van der Waals surface area contributed by atoms with Crippen LogP contribution in [0.25, 0.3) is 0 Å². The van der Waals surface area contributed by atoms with E-state index in [1.54, 1.807) is 0 Å². The highest BCUT2D eigenvalue weighted by Crippen LogP contribution is 2.35. The van der Waals surface area contributed by atoms with Crippen LogP contribution in [0.2, 0.25) is 0 Å². The Hall–Kier alpha value is -2.48. The predicted molar refractivity (Wildman–Crippen MR) is 71.5 cm³/mol. The van der Waals surface area contributed by atoms with Gasteiger partial charge in [-0.15, -0.1) is 0 Å². The zero-order valence-electron chi connectivity index (χ0n) is 11.5. The number of ketones is 1. The molecule has 2 aliphatic rings. The minimum atomic E-state index is -0.897. The van der Waals surface area contributed by atoms with Crippen LogP contribution < -0.4 is 4.74 Å². The Morgan fingerprint density at radius 3 is 2.64 bits per heavy atom. The number of non-ortho nitro benzene ring substituents is 1. The zero-order chi connectivity index (χ0) is 15.7. The molecule has 0 N–H and O–H groups in total. The molecule has 0 amide bonds. The Morgan fingerprint density at radius 2 is 2.00 bits per heavy atom. The van der Waals surface area contributed by atoms with Crippen molar-refractivity contribution < 1.29 is 28.7 Å². The first-order valence-electron chi connectivity index (χ1n) is 6.80. The van der Waals surface area contributed by atoms with Gasteiger partial charge in [-0.25, -0.2) is 4.79 Å². The number of nitro groups is 1. The molecular weight excluding hydrogens is 294 g/mol. The van der Waals surface area contributed by atoms with Gasteiger partial charge in [-0.05, 0) is 18.6 Å². The van der Waals surface area contributed by atoms with Crippen LogP contribution in [0.3, 0.4) is 0 Å². The molecule has 3 rings (SSSR count). The van der Waals surface area contributed by atoms with Crippen LogP contribution in [0.4, 0.5) is 10.5 Å². The molecule has 0 spiro atoms. The van der Waals surface area contributed by atoms with Gasteiger partial charge >= 0.3 is 6.16 Å². The summed E-state index contributed by atoms with van der Waals surface area (Å²) >= 11 is 0. The number of rotatable bonds is 3. The van der Waals surface area contributed by atoms with Crippen molar-refractivity contribution in [1.29, 1.82) is 0 Å². The van der Waals surface area contributed by atoms with Crippen molar-refractivity contribution in [3.63, 3.8) is 0 Å². The van der Waals surface area contributed by atoms with Crippen LogP contribution in [0, 0.1) is 16.0 Å². The molecule has 1 saturated heterocycles. The molecule has 22 heavy (non-hydrogen) atoms. The van der Waals surface area contributed by atoms with Gasteiger partial charge in [0.2, 0.25) is 0 Å². The van der Waals surface area contributed by atoms with E-state index in [-0.39, 0.29) is 35.8 Å². The number of Topliss-reactive ketones (excluding diaryl/α,β-unsaturated/α-hetero) is 1. The summed E-state index contributed by atoms with van der Waals surface area (Å²) in [6.07, 6.45) is -0.564. The van der Waals surface area contributed by atoms with Gasteiger partial charge in [0.1, 0.15) is 18.5 Å². The van der Waals surface area contributed by atoms with E-state index >= 15 is 0 Å². The summed E-state index contributed by atoms with van der Waals surface area (Å²) in [4.78, 5) is 33.2. The maximum atomic E-state index is 11.7. The van der Waals surface area contributed by atoms with Crippen molar-refractivity contribution >= 4 is 17.6 Å². The molecule has 1 aromatic carbocycles. The molecule has 1 saturated carbocycles. The molecule has 3 atom stereocenters. The van der Waals surface area contributed by atoms with Crippen LogP contribution in [0.5, 0.6) is 5.75 Å². The average Bonchev–Trinajstić information content (AvgIpc) is 3.01. The standard InChI is InChI=1S/C14H13NO7/c16-12-7-20-13-6-10(5-11(12)13)22-14(17)21-9-3-1-8(2-4-9)15(18)19/h1-4,10-11,13H,5-7H2. The first kappa shape index (κ1) is 14.5. The van der Waals surface area contributed by atoms with E-state index in [1.165, 1.54) is 24.3 Å². The first-order chi connectivity index (χ1) is 10.5. The van der Waals surface area contributed by atoms with Crippen LogP contribution in [-0.2, 0) is 14.3 Å². The van der Waals surface area contributed by atoms with Gasteiger partial charge in [-0.1, -0.05) is 0 Å². The van der Waals surface area contributed by atoms with E-state index < -0.39 is 17.2 Å². The van der Waals surface area contributed by atoms with Crippen LogP contribution in [0.1, 0.15) is 12.8 Å². The van der Waals surface area contributed by atoms with E-state index in [0.717, 1.165) is 0 Å². The Bertz CT molecular complexity index is 612. The number of nitrogens with zero attached hydrogens (tertiary/aromatic N) is 1. The Balaban J connectivity index is 1.53. The van der Waals surface area contributed by atoms with Crippen LogP contribution in [-0.4, -0.2) is 35.7 Å². The van der Waals surface area contributed by atoms with E-state index in [9.17, 15) is 19.7 Å². The zero-order valence-corrected chi connectivity index (χ0v) is 11.5. The maximum Gasteiger partial charge on any atom is 0.514 e. The molecule has 1 aromatic rings. The van der Waals surface area contributed by atoms with Gasteiger partial charge in [-0.3, -0.25) is 14.9 Å². The minimum Gasteiger partial charge on any atom is -0.431 e. The molecule has 1 heterocycles. The number of ether oxygens (including phenoxy) is 3. The fraction of sp³-hybridized carbons (Fsp3) is 0.429. The quantitative estimate of drug-likeness (QED) is 0.363. The third kappa shape index (κ3) is 2.91. The molecule has 2 fully saturated rings. The molecule has 116 valence electrons. The average molecular weight is 307 g/mol. The fourth-order valence-corrected chi connectivity index (χ4v) is 2.76. The van der Waals surface area contributed by atoms with Crippen molar-refractivity contribution in [1.82, 2.24) is 0 Å². The number of fused-ring (bicyclic) bond motifs is 1. The number of benzene rings is 1. The topological polar surface area (TPSA) is 105 Å². The highest BCUT2D eigenvalue weighted by atomic mass is 16.7. The van der Waals surface area contributed by atoms with E-state index in [0.29, 0.717) is 12.8 Å². The predicted octanol–water partition coefficient (Wildman–Crippen LogP) is 1.86. The Kier molecular flexibility index (Phi) is 3.76. The highest BCUT2D eigenvalue weighted by Gasteiger charge is 2.45. The second kappa shape index (κ2) is 5.72. The number of carbonyl (C=O) groups excluding carboxylic acids is 2. The maximum absolute atomic E-state index is 11.7. The van der Waals surface area contributed by atoms with Gasteiger partial charge < -0.3 is 14.2 Å². The third-order valence-electron chi connectivity index (χ3n) is 3.83. The summed E-state index contributed by atoms with van der Waals surface area (Å²) in [6.45, 7) is 0.134. The monoisotopic (exact) mass is 307 g/mol. The Labute approximate surface area is 125 Å². The van der Waals surface area contributed by atoms with Crippen molar-refractivity contribution in [3.05, 3.63) is 34.4 Å². The molecule has 1 aliphatic carbocycles. The van der Waals surface area contributed by atoms with Crippen molar-refractivity contribution in [2.45, 2.75) is 25.0 Å². The van der Waals surface area contributed by atoms with Gasteiger partial charge in [0.15, 0.2) is 5.78 Å². The minimum absolute atomic E-state index is 0.0415. The Morgan fingerprint density at radius 1 is 1.27 bits per heavy atom. The van der Waals surface area contributed by atoms with Gasteiger partial charge in [0.25, 0.3) is 5.69 Å². The number of hydrogen-bond donors (Lipinski definition) is 0. The van der Waals surface area contributed by atoms with Crippen molar-refractivity contribution in [2.24, 2.45) is 5.92 Å². The summed E-state index contributed by atoms with van der Waals surface area (Å²) < 4.78 is 15.4. The molecule has 1 aliphatic heterocycles. The van der Waals surface area contributed by atoms with Crippen molar-refractivity contribution in [2.75, 3.05) is 6.61 Å². The summed E-state index contributed by atoms with van der Waals surface area (Å²) in [5, 5.41) is 10.5. The van der Waals surface area contributed by atoms with Crippen LogP contribution >= 0.6 is 0 Å². The van der Waals surface area contributed by atoms with Crippen molar-refractivity contribution in [3.8, 4) is 5.75 Å². The molecule has 8 nitrogen and oxygen atoms in total. The normalized spacial score (nSPS) is 26.5. The van der Waals surface area contributed by atoms with Gasteiger partial charge in [0.05, 0.1) is 11.0 Å². The highest BCUT2D eigenvalue weighted by molar-refractivity contribution is 5.85. The summed E-state index contributed by atoms with van der Waals surface area (Å²) in [7, 11) is 0. The molecule has 0 radical (unpaired) electrons. The van der Waals surface area contributed by atoms with Gasteiger partial charge in [0, 0.05) is 24.5 Å². The second-order valence-electron chi connectivity index (χ2n) is 5.24. The van der Waals surface area contributed by atoms with Crippen LogP contribution in [0.15, 0.2) is 24.3 Å². The SMILES string of the molecule is O=C(Oc1ccc([N+](=O)[O-])cc1)OC1CC2OCC(=O)C2C1.